The van der Waals surface area contributed by atoms with Crippen molar-refractivity contribution in [3.8, 4) is 0 Å². The van der Waals surface area contributed by atoms with E-state index in [-0.39, 0.29) is 29.9 Å². The van der Waals surface area contributed by atoms with Crippen LogP contribution in [-0.2, 0) is 11.2 Å². The van der Waals surface area contributed by atoms with Crippen LogP contribution in [0.2, 0.25) is 0 Å². The van der Waals surface area contributed by atoms with Crippen LogP contribution in [0.5, 0.6) is 0 Å². The molecular weight excluding hydrogens is 372 g/mol. The Morgan fingerprint density at radius 3 is 2.66 bits per heavy atom. The number of piperidine rings is 1. The van der Waals surface area contributed by atoms with Crippen LogP contribution < -0.4 is 0 Å². The fraction of sp³-hybridized carbons (Fsp3) is 0.261. The summed E-state index contributed by atoms with van der Waals surface area (Å²) >= 11 is 0. The molecule has 1 fully saturated rings. The van der Waals surface area contributed by atoms with Crippen molar-refractivity contribution in [1.82, 2.24) is 14.9 Å². The molecule has 6 heteroatoms. The maximum Gasteiger partial charge on any atom is 0.227 e. The van der Waals surface area contributed by atoms with Gasteiger partial charge in [-0.3, -0.25) is 4.79 Å². The van der Waals surface area contributed by atoms with Gasteiger partial charge in [-0.15, -0.1) is 0 Å². The van der Waals surface area contributed by atoms with E-state index in [0.29, 0.717) is 18.5 Å². The van der Waals surface area contributed by atoms with E-state index < -0.39 is 0 Å². The third-order valence-corrected chi connectivity index (χ3v) is 5.99. The maximum absolute atomic E-state index is 14.0. The largest absolute Gasteiger partial charge is 0.361 e. The first kappa shape index (κ1) is 17.9. The smallest absolute Gasteiger partial charge is 0.227 e. The van der Waals surface area contributed by atoms with Crippen LogP contribution >= 0.6 is 0 Å². The molecule has 1 amide bonds. The van der Waals surface area contributed by atoms with E-state index in [4.69, 9.17) is 0 Å². The average molecular weight is 393 g/mol. The summed E-state index contributed by atoms with van der Waals surface area (Å²) in [6.45, 7) is 1.33. The van der Waals surface area contributed by atoms with Crippen LogP contribution in [-0.4, -0.2) is 33.9 Å². The van der Waals surface area contributed by atoms with Crippen molar-refractivity contribution in [3.63, 3.8) is 0 Å². The molecule has 0 atom stereocenters. The van der Waals surface area contributed by atoms with Crippen LogP contribution in [0.4, 0.5) is 8.78 Å². The predicted octanol–water partition coefficient (Wildman–Crippen LogP) is 4.88. The number of benzene rings is 2. The van der Waals surface area contributed by atoms with E-state index in [1.807, 2.05) is 17.0 Å². The molecule has 2 aromatic carbocycles. The highest BCUT2D eigenvalue weighted by atomic mass is 19.1. The number of H-pyrrole nitrogens is 2. The number of amides is 1. The van der Waals surface area contributed by atoms with Gasteiger partial charge in [-0.25, -0.2) is 8.78 Å². The number of halogens is 2. The quantitative estimate of drug-likeness (QED) is 0.512. The van der Waals surface area contributed by atoms with Gasteiger partial charge in [0.15, 0.2) is 0 Å². The maximum atomic E-state index is 14.0. The van der Waals surface area contributed by atoms with Gasteiger partial charge < -0.3 is 14.9 Å². The second-order valence-corrected chi connectivity index (χ2v) is 7.76. The molecule has 4 aromatic rings. The monoisotopic (exact) mass is 393 g/mol. The molecule has 2 aromatic heterocycles. The molecule has 0 bridgehead atoms. The number of hydrogen-bond donors (Lipinski definition) is 2. The third kappa shape index (κ3) is 3.28. The minimum absolute atomic E-state index is 0.0521. The number of nitrogens with zero attached hydrogens (tertiary/aromatic N) is 1. The van der Waals surface area contributed by atoms with E-state index in [9.17, 15) is 13.6 Å². The molecule has 0 spiro atoms. The average Bonchev–Trinajstić information content (AvgIpc) is 3.33. The molecule has 1 aliphatic heterocycles. The lowest BCUT2D eigenvalue weighted by molar-refractivity contribution is -0.131. The summed E-state index contributed by atoms with van der Waals surface area (Å²) in [5, 5.41) is 1.38. The van der Waals surface area contributed by atoms with Crippen LogP contribution in [0.1, 0.15) is 30.0 Å². The Morgan fingerprint density at radius 1 is 1.03 bits per heavy atom. The minimum atomic E-state index is -0.304. The van der Waals surface area contributed by atoms with E-state index in [0.717, 1.165) is 40.5 Å². The lowest BCUT2D eigenvalue weighted by Crippen LogP contribution is -2.38. The molecular formula is C23H21F2N3O. The summed E-state index contributed by atoms with van der Waals surface area (Å²) in [5.74, 6) is -0.182. The second-order valence-electron chi connectivity index (χ2n) is 7.76. The summed E-state index contributed by atoms with van der Waals surface area (Å²) in [5.41, 5.74) is 3.49. The topological polar surface area (TPSA) is 51.9 Å². The highest BCUT2D eigenvalue weighted by Gasteiger charge is 2.25. The molecule has 5 rings (SSSR count). The van der Waals surface area contributed by atoms with Crippen molar-refractivity contribution in [2.75, 3.05) is 13.1 Å². The highest BCUT2D eigenvalue weighted by Crippen LogP contribution is 2.31. The summed E-state index contributed by atoms with van der Waals surface area (Å²) in [6.07, 6.45) is 3.71. The van der Waals surface area contributed by atoms with Crippen molar-refractivity contribution >= 4 is 27.7 Å². The summed E-state index contributed by atoms with van der Waals surface area (Å²) in [4.78, 5) is 21.1. The molecule has 0 unspecified atom stereocenters. The van der Waals surface area contributed by atoms with Crippen molar-refractivity contribution in [2.45, 2.75) is 25.2 Å². The lowest BCUT2D eigenvalue weighted by Gasteiger charge is -2.31. The molecule has 1 saturated heterocycles. The van der Waals surface area contributed by atoms with Gasteiger partial charge in [0.1, 0.15) is 11.6 Å². The van der Waals surface area contributed by atoms with Crippen molar-refractivity contribution in [1.29, 1.82) is 0 Å². The van der Waals surface area contributed by atoms with Gasteiger partial charge in [0.05, 0.1) is 6.42 Å². The number of rotatable bonds is 3. The number of nitrogens with one attached hydrogen (secondary N) is 2. The number of aromatic amines is 2. The van der Waals surface area contributed by atoms with Crippen molar-refractivity contribution in [2.24, 2.45) is 0 Å². The summed E-state index contributed by atoms with van der Waals surface area (Å²) in [7, 11) is 0. The van der Waals surface area contributed by atoms with E-state index in [1.165, 1.54) is 18.2 Å². The molecule has 2 N–H and O–H groups in total. The first-order valence-corrected chi connectivity index (χ1v) is 9.89. The van der Waals surface area contributed by atoms with Gasteiger partial charge >= 0.3 is 0 Å². The number of aromatic nitrogens is 2. The van der Waals surface area contributed by atoms with E-state index in [1.54, 1.807) is 18.3 Å². The van der Waals surface area contributed by atoms with E-state index in [2.05, 4.69) is 9.97 Å². The van der Waals surface area contributed by atoms with Gasteiger partial charge in [0.25, 0.3) is 0 Å². The number of likely N-dealkylation sites (tertiary alicyclic amines) is 1. The number of carbonyl (C=O) groups is 1. The Kier molecular flexibility index (Phi) is 4.34. The van der Waals surface area contributed by atoms with Gasteiger partial charge in [-0.05, 0) is 54.8 Å². The summed E-state index contributed by atoms with van der Waals surface area (Å²) < 4.78 is 27.5. The Morgan fingerprint density at radius 2 is 1.86 bits per heavy atom. The second kappa shape index (κ2) is 7.03. The Labute approximate surface area is 166 Å². The van der Waals surface area contributed by atoms with Gasteiger partial charge in [-0.2, -0.15) is 0 Å². The molecule has 1 aliphatic rings. The molecule has 4 nitrogen and oxygen atoms in total. The van der Waals surface area contributed by atoms with Gasteiger partial charge in [0.2, 0.25) is 5.91 Å². The molecule has 0 aliphatic carbocycles. The van der Waals surface area contributed by atoms with Crippen LogP contribution in [0, 0.1) is 11.6 Å². The zero-order valence-corrected chi connectivity index (χ0v) is 15.8. The fourth-order valence-corrected chi connectivity index (χ4v) is 4.37. The molecule has 29 heavy (non-hydrogen) atoms. The van der Waals surface area contributed by atoms with Crippen LogP contribution in [0.3, 0.4) is 0 Å². The van der Waals surface area contributed by atoms with Crippen LogP contribution in [0.15, 0.2) is 48.7 Å². The Balaban J connectivity index is 1.26. The fourth-order valence-electron chi connectivity index (χ4n) is 4.37. The number of carbonyl (C=O) groups excluding carboxylic acids is 1. The van der Waals surface area contributed by atoms with Gasteiger partial charge in [-0.1, -0.05) is 6.07 Å². The highest BCUT2D eigenvalue weighted by molar-refractivity contribution is 5.89. The first-order chi connectivity index (χ1) is 14.1. The zero-order chi connectivity index (χ0) is 20.0. The molecule has 0 radical (unpaired) electrons. The number of fused-ring (bicyclic) bond motifs is 2. The van der Waals surface area contributed by atoms with Crippen molar-refractivity contribution in [3.05, 3.63) is 71.6 Å². The van der Waals surface area contributed by atoms with Crippen molar-refractivity contribution < 1.29 is 13.6 Å². The Bertz CT molecular complexity index is 1200. The predicted molar refractivity (Wildman–Crippen MR) is 109 cm³/mol. The zero-order valence-electron chi connectivity index (χ0n) is 15.8. The molecule has 3 heterocycles. The SMILES string of the molecule is O=C(Cc1c[nH]c2ccc(F)cc12)N1CCC(c2cc3c(F)cccc3[nH]2)CC1. The normalized spacial score (nSPS) is 15.4. The summed E-state index contributed by atoms with van der Waals surface area (Å²) in [6, 6.07) is 11.5. The van der Waals surface area contributed by atoms with Crippen LogP contribution in [0.25, 0.3) is 21.8 Å². The molecule has 0 saturated carbocycles. The number of hydrogen-bond acceptors (Lipinski definition) is 1. The van der Waals surface area contributed by atoms with Gasteiger partial charge in [0, 0.05) is 52.7 Å². The third-order valence-electron chi connectivity index (χ3n) is 5.99. The lowest BCUT2D eigenvalue weighted by atomic mass is 9.93. The van der Waals surface area contributed by atoms with E-state index >= 15 is 0 Å². The standard InChI is InChI=1S/C23H21F2N3O/c24-16-4-5-20-17(11-16)15(13-26-20)10-23(29)28-8-6-14(7-9-28)22-12-18-19(25)2-1-3-21(18)27-22/h1-5,11-14,26-27H,6-10H2. The minimum Gasteiger partial charge on any atom is -0.361 e. The Hall–Kier alpha value is -3.15. The molecule has 148 valence electrons. The first-order valence-electron chi connectivity index (χ1n) is 9.89.